The number of hydrogen-bond acceptors (Lipinski definition) is 4. The van der Waals surface area contributed by atoms with Crippen LogP contribution < -0.4 is 11.1 Å². The highest BCUT2D eigenvalue weighted by atomic mass is 16.4. The van der Waals surface area contributed by atoms with Gasteiger partial charge in [-0.15, -0.1) is 0 Å². The Balaban J connectivity index is 2.49. The van der Waals surface area contributed by atoms with Gasteiger partial charge in [-0.2, -0.15) is 0 Å². The van der Waals surface area contributed by atoms with E-state index in [1.165, 1.54) is 6.92 Å². The Kier molecular flexibility index (Phi) is 5.32. The number of aliphatic hydroxyl groups is 1. The standard InChI is InChI=1S/C13H18N2O4/c1-8(16)12(13(18)19)15-11(17)6-5-9-3-2-4-10(14)7-9/h2-4,7-8,12,16H,5-6,14H2,1H3,(H,15,17)(H,18,19). The van der Waals surface area contributed by atoms with E-state index >= 15 is 0 Å². The number of rotatable bonds is 6. The number of nitrogens with two attached hydrogens (primary N) is 1. The second-order valence-electron chi connectivity index (χ2n) is 4.37. The molecule has 5 N–H and O–H groups in total. The molecule has 2 unspecified atom stereocenters. The van der Waals surface area contributed by atoms with Gasteiger partial charge in [0.2, 0.25) is 5.91 Å². The molecule has 1 rings (SSSR count). The van der Waals surface area contributed by atoms with Crippen molar-refractivity contribution in [2.24, 2.45) is 0 Å². The predicted molar refractivity (Wildman–Crippen MR) is 70.4 cm³/mol. The lowest BCUT2D eigenvalue weighted by molar-refractivity contribution is -0.144. The van der Waals surface area contributed by atoms with Crippen molar-refractivity contribution < 1.29 is 19.8 Å². The van der Waals surface area contributed by atoms with Gasteiger partial charge in [0.15, 0.2) is 6.04 Å². The largest absolute Gasteiger partial charge is 0.480 e. The van der Waals surface area contributed by atoms with Crippen LogP contribution in [0.3, 0.4) is 0 Å². The number of aryl methyl sites for hydroxylation is 1. The van der Waals surface area contributed by atoms with Gasteiger partial charge >= 0.3 is 5.97 Å². The van der Waals surface area contributed by atoms with Crippen molar-refractivity contribution in [3.8, 4) is 0 Å². The van der Waals surface area contributed by atoms with Crippen LogP contribution in [0.4, 0.5) is 5.69 Å². The minimum Gasteiger partial charge on any atom is -0.480 e. The van der Waals surface area contributed by atoms with E-state index in [1.807, 2.05) is 6.07 Å². The molecule has 1 amide bonds. The summed E-state index contributed by atoms with van der Waals surface area (Å²) in [7, 11) is 0. The first-order valence-corrected chi connectivity index (χ1v) is 5.95. The van der Waals surface area contributed by atoms with Crippen molar-refractivity contribution in [3.05, 3.63) is 29.8 Å². The molecule has 2 atom stereocenters. The summed E-state index contributed by atoms with van der Waals surface area (Å²) < 4.78 is 0. The lowest BCUT2D eigenvalue weighted by Gasteiger charge is -2.16. The van der Waals surface area contributed by atoms with Crippen molar-refractivity contribution in [1.29, 1.82) is 0 Å². The first kappa shape index (κ1) is 15.0. The maximum absolute atomic E-state index is 11.6. The molecule has 6 nitrogen and oxygen atoms in total. The van der Waals surface area contributed by atoms with E-state index in [4.69, 9.17) is 10.8 Å². The lowest BCUT2D eigenvalue weighted by atomic mass is 10.1. The molecule has 0 fully saturated rings. The highest BCUT2D eigenvalue weighted by Gasteiger charge is 2.24. The van der Waals surface area contributed by atoms with Crippen LogP contribution in [-0.2, 0) is 16.0 Å². The van der Waals surface area contributed by atoms with Gasteiger partial charge < -0.3 is 21.3 Å². The minimum absolute atomic E-state index is 0.139. The third kappa shape index (κ3) is 4.97. The molecule has 0 spiro atoms. The minimum atomic E-state index is -1.28. The fourth-order valence-electron chi connectivity index (χ4n) is 1.64. The van der Waals surface area contributed by atoms with Crippen LogP contribution >= 0.6 is 0 Å². The van der Waals surface area contributed by atoms with Gasteiger partial charge in [-0.1, -0.05) is 12.1 Å². The number of nitrogens with one attached hydrogen (secondary N) is 1. The van der Waals surface area contributed by atoms with Gasteiger partial charge in [-0.3, -0.25) is 4.79 Å². The molecule has 19 heavy (non-hydrogen) atoms. The summed E-state index contributed by atoms with van der Waals surface area (Å²) in [5.41, 5.74) is 7.13. The number of aliphatic hydroxyl groups excluding tert-OH is 1. The zero-order valence-electron chi connectivity index (χ0n) is 10.7. The Hall–Kier alpha value is -2.08. The van der Waals surface area contributed by atoms with E-state index in [-0.39, 0.29) is 6.42 Å². The van der Waals surface area contributed by atoms with E-state index in [9.17, 15) is 14.7 Å². The molecule has 1 aromatic carbocycles. The molecule has 0 saturated heterocycles. The Labute approximate surface area is 111 Å². The number of carboxylic acids is 1. The number of hydrogen-bond donors (Lipinski definition) is 4. The van der Waals surface area contributed by atoms with Crippen LogP contribution in [0.5, 0.6) is 0 Å². The normalized spacial score (nSPS) is 13.6. The zero-order valence-corrected chi connectivity index (χ0v) is 10.7. The zero-order chi connectivity index (χ0) is 14.4. The summed E-state index contributed by atoms with van der Waals surface area (Å²) in [6, 6.07) is 5.85. The Morgan fingerprint density at radius 3 is 2.63 bits per heavy atom. The van der Waals surface area contributed by atoms with Crippen LogP contribution in [0, 0.1) is 0 Å². The number of aliphatic carboxylic acids is 1. The number of nitrogen functional groups attached to an aromatic ring is 1. The Bertz CT molecular complexity index is 460. The van der Waals surface area contributed by atoms with Gasteiger partial charge in [-0.05, 0) is 31.0 Å². The van der Waals surface area contributed by atoms with Crippen molar-refractivity contribution >= 4 is 17.6 Å². The summed E-state index contributed by atoms with van der Waals surface area (Å²) >= 11 is 0. The summed E-state index contributed by atoms with van der Waals surface area (Å²) in [6.07, 6.45) is -0.544. The second kappa shape index (κ2) is 6.75. The topological polar surface area (TPSA) is 113 Å². The number of anilines is 1. The second-order valence-corrected chi connectivity index (χ2v) is 4.37. The third-order valence-electron chi connectivity index (χ3n) is 2.66. The highest BCUT2D eigenvalue weighted by molar-refractivity contribution is 5.84. The molecular formula is C13H18N2O4. The predicted octanol–water partition coefficient (Wildman–Crippen LogP) is 0.152. The highest BCUT2D eigenvalue weighted by Crippen LogP contribution is 2.08. The van der Waals surface area contributed by atoms with Crippen molar-refractivity contribution in [2.75, 3.05) is 5.73 Å². The van der Waals surface area contributed by atoms with Gasteiger partial charge in [-0.25, -0.2) is 4.79 Å². The van der Waals surface area contributed by atoms with Crippen LogP contribution in [0.1, 0.15) is 18.9 Å². The van der Waals surface area contributed by atoms with Crippen LogP contribution in [-0.4, -0.2) is 34.2 Å². The van der Waals surface area contributed by atoms with Crippen molar-refractivity contribution in [3.63, 3.8) is 0 Å². The Morgan fingerprint density at radius 1 is 1.42 bits per heavy atom. The third-order valence-corrected chi connectivity index (χ3v) is 2.66. The maximum atomic E-state index is 11.6. The van der Waals surface area contributed by atoms with Crippen LogP contribution in [0.15, 0.2) is 24.3 Å². The molecule has 0 saturated carbocycles. The fourth-order valence-corrected chi connectivity index (χ4v) is 1.64. The van der Waals surface area contributed by atoms with Gasteiger partial charge in [0.05, 0.1) is 6.10 Å². The number of amides is 1. The number of carboxylic acid groups (broad SMARTS) is 1. The van der Waals surface area contributed by atoms with E-state index < -0.39 is 24.0 Å². The van der Waals surface area contributed by atoms with Crippen molar-refractivity contribution in [1.82, 2.24) is 5.32 Å². The van der Waals surface area contributed by atoms with E-state index in [0.717, 1.165) is 5.56 Å². The van der Waals surface area contributed by atoms with Gasteiger partial charge in [0.25, 0.3) is 0 Å². The molecular weight excluding hydrogens is 248 g/mol. The molecule has 104 valence electrons. The maximum Gasteiger partial charge on any atom is 0.328 e. The summed E-state index contributed by atoms with van der Waals surface area (Å²) in [5.74, 6) is -1.68. The molecule has 0 aliphatic rings. The smallest absolute Gasteiger partial charge is 0.328 e. The van der Waals surface area contributed by atoms with Crippen LogP contribution in [0.25, 0.3) is 0 Å². The lowest BCUT2D eigenvalue weighted by Crippen LogP contribution is -2.47. The molecule has 0 aliphatic heterocycles. The SMILES string of the molecule is CC(O)C(NC(=O)CCc1cccc(N)c1)C(=O)O. The summed E-state index contributed by atoms with van der Waals surface area (Å²) in [4.78, 5) is 22.4. The molecule has 6 heteroatoms. The number of carbonyl (C=O) groups excluding carboxylic acids is 1. The Morgan fingerprint density at radius 2 is 2.11 bits per heavy atom. The first-order chi connectivity index (χ1) is 8.90. The van der Waals surface area contributed by atoms with E-state index in [2.05, 4.69) is 5.32 Å². The van der Waals surface area contributed by atoms with Gasteiger partial charge in [0, 0.05) is 12.1 Å². The van der Waals surface area contributed by atoms with Crippen molar-refractivity contribution in [2.45, 2.75) is 31.9 Å². The molecule has 0 heterocycles. The number of benzene rings is 1. The number of carbonyl (C=O) groups is 2. The van der Waals surface area contributed by atoms with E-state index in [1.54, 1.807) is 18.2 Å². The monoisotopic (exact) mass is 266 g/mol. The van der Waals surface area contributed by atoms with Gasteiger partial charge in [0.1, 0.15) is 0 Å². The average molecular weight is 266 g/mol. The fraction of sp³-hybridized carbons (Fsp3) is 0.385. The molecule has 0 radical (unpaired) electrons. The van der Waals surface area contributed by atoms with E-state index in [0.29, 0.717) is 12.1 Å². The molecule has 0 aliphatic carbocycles. The average Bonchev–Trinajstić information content (AvgIpc) is 2.32. The summed E-state index contributed by atoms with van der Waals surface area (Å²) in [6.45, 7) is 1.32. The molecule has 1 aromatic rings. The van der Waals surface area contributed by atoms with Crippen LogP contribution in [0.2, 0.25) is 0 Å². The quantitative estimate of drug-likeness (QED) is 0.547. The summed E-state index contributed by atoms with van der Waals surface area (Å²) in [5, 5.41) is 20.3. The first-order valence-electron chi connectivity index (χ1n) is 5.95. The molecule has 0 aromatic heterocycles. The molecule has 0 bridgehead atoms.